The lowest BCUT2D eigenvalue weighted by Crippen LogP contribution is -2.44. The highest BCUT2D eigenvalue weighted by Gasteiger charge is 2.20. The van der Waals surface area contributed by atoms with Crippen molar-refractivity contribution < 1.29 is 0 Å². The van der Waals surface area contributed by atoms with E-state index in [1.165, 1.54) is 12.8 Å². The van der Waals surface area contributed by atoms with E-state index < -0.39 is 0 Å². The topological polar surface area (TPSA) is 28.2 Å². The van der Waals surface area contributed by atoms with Crippen LogP contribution in [0.5, 0.6) is 0 Å². The van der Waals surface area contributed by atoms with Crippen molar-refractivity contribution in [3.63, 3.8) is 0 Å². The predicted molar refractivity (Wildman–Crippen MR) is 63.5 cm³/mol. The number of pyridine rings is 1. The van der Waals surface area contributed by atoms with Crippen molar-refractivity contribution in [3.8, 4) is 0 Å². The molecule has 1 aliphatic heterocycles. The number of nitrogens with one attached hydrogen (secondary N) is 1. The average Bonchev–Trinajstić information content (AvgIpc) is 2.30. The molecule has 4 heteroatoms. The molecule has 82 valence electrons. The van der Waals surface area contributed by atoms with E-state index in [4.69, 9.17) is 11.6 Å². The molecular weight excluding hydrogens is 210 g/mol. The Balaban J connectivity index is 2.13. The first kappa shape index (κ1) is 10.7. The normalized spacial score (nSPS) is 21.7. The predicted octanol–water partition coefficient (Wildman–Crippen LogP) is 1.92. The molecular formula is C11H16ClN3. The molecule has 2 rings (SSSR count). The van der Waals surface area contributed by atoms with E-state index in [0.29, 0.717) is 6.04 Å². The smallest absolute Gasteiger partial charge is 0.147 e. The van der Waals surface area contributed by atoms with E-state index in [2.05, 4.69) is 15.2 Å². The van der Waals surface area contributed by atoms with E-state index in [1.54, 1.807) is 6.20 Å². The van der Waals surface area contributed by atoms with Gasteiger partial charge in [0.1, 0.15) is 5.82 Å². The zero-order chi connectivity index (χ0) is 10.7. The molecule has 1 aliphatic rings. The molecule has 0 aromatic carbocycles. The maximum atomic E-state index is 6.12. The molecule has 3 nitrogen and oxygen atoms in total. The number of anilines is 1. The van der Waals surface area contributed by atoms with Crippen LogP contribution in [0.1, 0.15) is 12.8 Å². The lowest BCUT2D eigenvalue weighted by molar-refractivity contribution is 0.447. The quantitative estimate of drug-likeness (QED) is 0.834. The second-order valence-electron chi connectivity index (χ2n) is 3.88. The molecule has 0 radical (unpaired) electrons. The van der Waals surface area contributed by atoms with Crippen LogP contribution in [0.15, 0.2) is 18.3 Å². The van der Waals surface area contributed by atoms with Gasteiger partial charge in [0.05, 0.1) is 5.02 Å². The Morgan fingerprint density at radius 3 is 3.20 bits per heavy atom. The van der Waals surface area contributed by atoms with Gasteiger partial charge in [-0.3, -0.25) is 0 Å². The van der Waals surface area contributed by atoms with Crippen LogP contribution < -0.4 is 10.2 Å². The molecule has 2 heterocycles. The minimum atomic E-state index is 0.553. The molecule has 1 aromatic heterocycles. The molecule has 1 N–H and O–H groups in total. The summed E-state index contributed by atoms with van der Waals surface area (Å²) in [5.41, 5.74) is 0. The number of hydrogen-bond acceptors (Lipinski definition) is 3. The molecule has 0 amide bonds. The van der Waals surface area contributed by atoms with Gasteiger partial charge in [-0.1, -0.05) is 11.6 Å². The Bertz CT molecular complexity index is 329. The molecule has 0 aliphatic carbocycles. The largest absolute Gasteiger partial charge is 0.354 e. The van der Waals surface area contributed by atoms with Gasteiger partial charge >= 0.3 is 0 Å². The van der Waals surface area contributed by atoms with Crippen molar-refractivity contribution in [1.29, 1.82) is 0 Å². The summed E-state index contributed by atoms with van der Waals surface area (Å²) in [5.74, 6) is 0.916. The van der Waals surface area contributed by atoms with Crippen molar-refractivity contribution in [2.24, 2.45) is 0 Å². The number of piperidine rings is 1. The Hall–Kier alpha value is -0.800. The van der Waals surface area contributed by atoms with Gasteiger partial charge in [0.15, 0.2) is 0 Å². The maximum Gasteiger partial charge on any atom is 0.147 e. The third-order valence-corrected chi connectivity index (χ3v) is 3.16. The second-order valence-corrected chi connectivity index (χ2v) is 4.29. The molecule has 1 atom stereocenters. The fraction of sp³-hybridized carbons (Fsp3) is 0.545. The number of hydrogen-bond donors (Lipinski definition) is 1. The Kier molecular flexibility index (Phi) is 3.44. The Morgan fingerprint density at radius 2 is 2.47 bits per heavy atom. The summed E-state index contributed by atoms with van der Waals surface area (Å²) in [6.45, 7) is 2.04. The van der Waals surface area contributed by atoms with Crippen molar-refractivity contribution in [3.05, 3.63) is 23.4 Å². The molecule has 1 unspecified atom stereocenters. The summed E-state index contributed by atoms with van der Waals surface area (Å²) >= 11 is 6.12. The minimum Gasteiger partial charge on any atom is -0.354 e. The average molecular weight is 226 g/mol. The van der Waals surface area contributed by atoms with Gasteiger partial charge in [0, 0.05) is 25.3 Å². The van der Waals surface area contributed by atoms with E-state index >= 15 is 0 Å². The first-order valence-corrected chi connectivity index (χ1v) is 5.72. The standard InChI is InChI=1S/C11H16ClN3/c1-13-9-4-3-7-15(8-9)11-10(12)5-2-6-14-11/h2,5-6,9,13H,3-4,7-8H2,1H3. The van der Waals surface area contributed by atoms with Gasteiger partial charge in [-0.25, -0.2) is 4.98 Å². The second kappa shape index (κ2) is 4.81. The van der Waals surface area contributed by atoms with Crippen LogP contribution >= 0.6 is 11.6 Å². The highest BCUT2D eigenvalue weighted by atomic mass is 35.5. The SMILES string of the molecule is CNC1CCCN(c2ncccc2Cl)C1. The number of aromatic nitrogens is 1. The highest BCUT2D eigenvalue weighted by molar-refractivity contribution is 6.32. The number of rotatable bonds is 2. The van der Waals surface area contributed by atoms with E-state index in [0.717, 1.165) is 23.9 Å². The first-order chi connectivity index (χ1) is 7.31. The third-order valence-electron chi connectivity index (χ3n) is 2.87. The fourth-order valence-corrected chi connectivity index (χ4v) is 2.26. The van der Waals surface area contributed by atoms with Crippen molar-refractivity contribution in [2.75, 3.05) is 25.0 Å². The Morgan fingerprint density at radius 1 is 1.60 bits per heavy atom. The van der Waals surface area contributed by atoms with Gasteiger partial charge in [-0.2, -0.15) is 0 Å². The molecule has 1 aromatic rings. The summed E-state index contributed by atoms with van der Waals surface area (Å²) in [7, 11) is 2.01. The summed E-state index contributed by atoms with van der Waals surface area (Å²) in [6, 6.07) is 4.31. The van der Waals surface area contributed by atoms with Crippen LogP contribution in [0.2, 0.25) is 5.02 Å². The summed E-state index contributed by atoms with van der Waals surface area (Å²) in [6.07, 6.45) is 4.22. The van der Waals surface area contributed by atoms with Crippen LogP contribution in [-0.4, -0.2) is 31.2 Å². The van der Waals surface area contributed by atoms with Crippen LogP contribution in [0.4, 0.5) is 5.82 Å². The molecule has 1 saturated heterocycles. The highest BCUT2D eigenvalue weighted by Crippen LogP contribution is 2.25. The van der Waals surface area contributed by atoms with E-state index in [-0.39, 0.29) is 0 Å². The van der Waals surface area contributed by atoms with Crippen LogP contribution in [0.3, 0.4) is 0 Å². The number of nitrogens with zero attached hydrogens (tertiary/aromatic N) is 2. The monoisotopic (exact) mass is 225 g/mol. The molecule has 0 saturated carbocycles. The number of likely N-dealkylation sites (N-methyl/N-ethyl adjacent to an activating group) is 1. The van der Waals surface area contributed by atoms with Crippen LogP contribution in [0, 0.1) is 0 Å². The van der Waals surface area contributed by atoms with Gasteiger partial charge in [0.2, 0.25) is 0 Å². The summed E-state index contributed by atoms with van der Waals surface area (Å²) in [5, 5.41) is 4.06. The zero-order valence-corrected chi connectivity index (χ0v) is 9.67. The summed E-state index contributed by atoms with van der Waals surface area (Å²) < 4.78 is 0. The van der Waals surface area contributed by atoms with Crippen LogP contribution in [0.25, 0.3) is 0 Å². The lowest BCUT2D eigenvalue weighted by atomic mass is 10.1. The zero-order valence-electron chi connectivity index (χ0n) is 8.91. The molecule has 1 fully saturated rings. The van der Waals surface area contributed by atoms with E-state index in [9.17, 15) is 0 Å². The van der Waals surface area contributed by atoms with E-state index in [1.807, 2.05) is 19.2 Å². The molecule has 15 heavy (non-hydrogen) atoms. The van der Waals surface area contributed by atoms with Gasteiger partial charge in [-0.05, 0) is 32.0 Å². The lowest BCUT2D eigenvalue weighted by Gasteiger charge is -2.33. The van der Waals surface area contributed by atoms with Crippen molar-refractivity contribution in [2.45, 2.75) is 18.9 Å². The van der Waals surface area contributed by atoms with Gasteiger partial charge in [0.25, 0.3) is 0 Å². The fourth-order valence-electron chi connectivity index (χ4n) is 2.02. The Labute approximate surface area is 95.4 Å². The maximum absolute atomic E-state index is 6.12. The van der Waals surface area contributed by atoms with Crippen molar-refractivity contribution in [1.82, 2.24) is 10.3 Å². The van der Waals surface area contributed by atoms with Crippen molar-refractivity contribution >= 4 is 17.4 Å². The van der Waals surface area contributed by atoms with Gasteiger partial charge in [-0.15, -0.1) is 0 Å². The summed E-state index contributed by atoms with van der Waals surface area (Å²) in [4.78, 5) is 6.59. The molecule has 0 bridgehead atoms. The minimum absolute atomic E-state index is 0.553. The van der Waals surface area contributed by atoms with Gasteiger partial charge < -0.3 is 10.2 Å². The molecule has 0 spiro atoms. The first-order valence-electron chi connectivity index (χ1n) is 5.34. The third kappa shape index (κ3) is 2.41. The van der Waals surface area contributed by atoms with Crippen LogP contribution in [-0.2, 0) is 0 Å². The number of halogens is 1.